The van der Waals surface area contributed by atoms with E-state index < -0.39 is 79.7 Å². The normalized spacial score (nSPS) is 39.6. The van der Waals surface area contributed by atoms with Crippen LogP contribution in [-0.2, 0) is 18.9 Å². The molecule has 3 aliphatic heterocycles. The van der Waals surface area contributed by atoms with Crippen LogP contribution in [0.25, 0.3) is 0 Å². The van der Waals surface area contributed by atoms with Crippen LogP contribution < -0.4 is 9.47 Å². The molecular weight excluding hydrogens is 464 g/mol. The summed E-state index contributed by atoms with van der Waals surface area (Å²) < 4.78 is 31.8. The van der Waals surface area contributed by atoms with Gasteiger partial charge in [0.15, 0.2) is 23.9 Å². The molecule has 0 aliphatic carbocycles. The van der Waals surface area contributed by atoms with Crippen molar-refractivity contribution in [3.63, 3.8) is 0 Å². The lowest BCUT2D eigenvalue weighted by Gasteiger charge is -2.44. The predicted octanol–water partition coefficient (Wildman–Crippen LogP) is -3.12. The van der Waals surface area contributed by atoms with Gasteiger partial charge in [0.05, 0.1) is 19.3 Å². The van der Waals surface area contributed by atoms with Crippen LogP contribution in [0.3, 0.4) is 0 Å². The largest absolute Gasteiger partial charge is 0.504 e. The summed E-state index contributed by atoms with van der Waals surface area (Å²) in [6.07, 6.45) is -15.0. The van der Waals surface area contributed by atoms with Crippen molar-refractivity contribution >= 4 is 5.97 Å². The molecule has 1 aromatic carbocycles. The Morgan fingerprint density at radius 3 is 2.24 bits per heavy atom. The molecule has 0 aromatic heterocycles. The number of phenols is 1. The van der Waals surface area contributed by atoms with Gasteiger partial charge in [0, 0.05) is 12.7 Å². The van der Waals surface area contributed by atoms with Gasteiger partial charge < -0.3 is 64.2 Å². The Bertz CT molecular complexity index is 921. The molecule has 0 spiro atoms. The number of methoxy groups -OCH3 is 2. The number of benzene rings is 1. The zero-order chi connectivity index (χ0) is 24.9. The van der Waals surface area contributed by atoms with E-state index in [4.69, 9.17) is 28.4 Å². The maximum atomic E-state index is 12.7. The van der Waals surface area contributed by atoms with Crippen molar-refractivity contribution in [2.24, 2.45) is 0 Å². The smallest absolute Gasteiger partial charge is 0.339 e. The second-order valence-electron chi connectivity index (χ2n) is 8.04. The lowest BCUT2D eigenvalue weighted by molar-refractivity contribution is -0.327. The Morgan fingerprint density at radius 2 is 1.62 bits per heavy atom. The molecule has 7 N–H and O–H groups in total. The summed E-state index contributed by atoms with van der Waals surface area (Å²) in [5.41, 5.74) is -0.380. The first-order valence-electron chi connectivity index (χ1n) is 10.3. The first kappa shape index (κ1) is 24.8. The van der Waals surface area contributed by atoms with Gasteiger partial charge in [-0.1, -0.05) is 0 Å². The molecule has 0 unspecified atom stereocenters. The Morgan fingerprint density at radius 1 is 0.941 bits per heavy atom. The number of fused-ring (bicyclic) bond motifs is 3. The van der Waals surface area contributed by atoms with Crippen LogP contribution in [0.5, 0.6) is 17.2 Å². The highest BCUT2D eigenvalue weighted by molar-refractivity contribution is 5.95. The quantitative estimate of drug-likeness (QED) is 0.204. The van der Waals surface area contributed by atoms with Crippen molar-refractivity contribution in [3.8, 4) is 17.2 Å². The van der Waals surface area contributed by atoms with Gasteiger partial charge in [-0.05, 0) is 6.07 Å². The number of hydrogen-bond acceptors (Lipinski definition) is 14. The van der Waals surface area contributed by atoms with Crippen molar-refractivity contribution in [3.05, 3.63) is 17.2 Å². The van der Waals surface area contributed by atoms with E-state index in [0.29, 0.717) is 0 Å². The van der Waals surface area contributed by atoms with Gasteiger partial charge in [-0.25, -0.2) is 4.79 Å². The van der Waals surface area contributed by atoms with Crippen LogP contribution in [0, 0.1) is 0 Å². The molecule has 14 heteroatoms. The van der Waals surface area contributed by atoms with Gasteiger partial charge in [0.2, 0.25) is 12.0 Å². The molecule has 2 fully saturated rings. The Kier molecular flexibility index (Phi) is 6.87. The maximum Gasteiger partial charge on any atom is 0.339 e. The lowest BCUT2D eigenvalue weighted by Crippen LogP contribution is -2.59. The lowest BCUT2D eigenvalue weighted by atomic mass is 9.86. The zero-order valence-electron chi connectivity index (χ0n) is 18.0. The van der Waals surface area contributed by atoms with E-state index in [1.165, 1.54) is 14.2 Å². The third-order valence-electron chi connectivity index (χ3n) is 6.08. The molecule has 0 amide bonds. The fraction of sp³-hybridized carbons (Fsp3) is 0.650. The average molecular weight is 490 g/mol. The molecule has 0 saturated carbocycles. The van der Waals surface area contributed by atoms with Gasteiger partial charge >= 0.3 is 5.97 Å². The number of carbonyl (C=O) groups excluding carboxylic acids is 1. The highest BCUT2D eigenvalue weighted by Gasteiger charge is 2.52. The third-order valence-corrected chi connectivity index (χ3v) is 6.08. The van der Waals surface area contributed by atoms with E-state index in [2.05, 4.69) is 0 Å². The molecule has 1 aromatic rings. The van der Waals surface area contributed by atoms with Crippen molar-refractivity contribution < 1.29 is 69.0 Å². The average Bonchev–Trinajstić information content (AvgIpc) is 2.82. The van der Waals surface area contributed by atoms with Crippen LogP contribution >= 0.6 is 0 Å². The molecule has 3 heterocycles. The Labute approximate surface area is 192 Å². The fourth-order valence-corrected chi connectivity index (χ4v) is 4.26. The van der Waals surface area contributed by atoms with Crippen molar-refractivity contribution in [2.45, 2.75) is 61.4 Å². The Balaban J connectivity index is 1.73. The zero-order valence-corrected chi connectivity index (χ0v) is 18.0. The fourth-order valence-electron chi connectivity index (χ4n) is 4.26. The number of carbonyl (C=O) groups is 1. The summed E-state index contributed by atoms with van der Waals surface area (Å²) in [6, 6.07) is 1.11. The molecule has 34 heavy (non-hydrogen) atoms. The standard InChI is InChI=1S/C20H26O14/c1-29-15-6(32-20-14(27)11(24)13(26)19(30-2)34-20)3-5-8(10(15)23)16-17(33-18(5)28)12(25)9(22)7(4-21)31-16/h3,7,9,11-14,16-17,19-27H,4H2,1-2H3/t7-,9-,11-,12+,13-,14-,16+,17-,19-,20+/m1/s1. The van der Waals surface area contributed by atoms with E-state index in [0.717, 1.165) is 6.07 Å². The van der Waals surface area contributed by atoms with Gasteiger partial charge in [-0.3, -0.25) is 0 Å². The van der Waals surface area contributed by atoms with E-state index in [9.17, 15) is 40.5 Å². The van der Waals surface area contributed by atoms with Crippen molar-refractivity contribution in [1.29, 1.82) is 0 Å². The number of aromatic hydroxyl groups is 1. The summed E-state index contributed by atoms with van der Waals surface area (Å²) in [7, 11) is 2.38. The highest BCUT2D eigenvalue weighted by atomic mass is 16.8. The highest BCUT2D eigenvalue weighted by Crippen LogP contribution is 2.50. The molecule has 190 valence electrons. The first-order chi connectivity index (χ1) is 16.1. The molecule has 14 nitrogen and oxygen atoms in total. The van der Waals surface area contributed by atoms with E-state index >= 15 is 0 Å². The molecule has 3 aliphatic rings. The van der Waals surface area contributed by atoms with Gasteiger partial charge in [0.25, 0.3) is 0 Å². The minimum Gasteiger partial charge on any atom is -0.504 e. The number of aliphatic hydroxyl groups excluding tert-OH is 6. The number of esters is 1. The van der Waals surface area contributed by atoms with E-state index in [1.54, 1.807) is 0 Å². The summed E-state index contributed by atoms with van der Waals surface area (Å²) in [4.78, 5) is 12.7. The summed E-state index contributed by atoms with van der Waals surface area (Å²) in [5.74, 6) is -2.24. The summed E-state index contributed by atoms with van der Waals surface area (Å²) in [5, 5.41) is 71.1. The van der Waals surface area contributed by atoms with Crippen molar-refractivity contribution in [1.82, 2.24) is 0 Å². The maximum absolute atomic E-state index is 12.7. The van der Waals surface area contributed by atoms with Crippen LogP contribution in [0.2, 0.25) is 0 Å². The molecule has 0 bridgehead atoms. The molecule has 10 atom stereocenters. The molecule has 2 saturated heterocycles. The number of ether oxygens (including phenoxy) is 6. The molecule has 4 rings (SSSR count). The van der Waals surface area contributed by atoms with Crippen molar-refractivity contribution in [2.75, 3.05) is 20.8 Å². The molecule has 0 radical (unpaired) electrons. The second-order valence-corrected chi connectivity index (χ2v) is 8.04. The topological polar surface area (TPSA) is 214 Å². The summed E-state index contributed by atoms with van der Waals surface area (Å²) >= 11 is 0. The van der Waals surface area contributed by atoms with Crippen LogP contribution in [0.1, 0.15) is 22.0 Å². The van der Waals surface area contributed by atoms with Crippen LogP contribution in [0.15, 0.2) is 6.07 Å². The monoisotopic (exact) mass is 490 g/mol. The van der Waals surface area contributed by atoms with Gasteiger partial charge in [0.1, 0.15) is 42.7 Å². The predicted molar refractivity (Wildman–Crippen MR) is 105 cm³/mol. The molecular formula is C20H26O14. The SMILES string of the molecule is COc1c(O[C@H]2O[C@@H](OC)[C@H](O)[C@@H](O)[C@H]2O)cc2c(c1O)[C@@H]1O[C@H](CO)[C@@H](O)[C@H](O)[C@H]1OC2=O. The van der Waals surface area contributed by atoms with Crippen LogP contribution in [0.4, 0.5) is 0 Å². The van der Waals surface area contributed by atoms with E-state index in [1.807, 2.05) is 0 Å². The van der Waals surface area contributed by atoms with E-state index in [-0.39, 0.29) is 22.6 Å². The number of aliphatic hydroxyl groups is 6. The first-order valence-corrected chi connectivity index (χ1v) is 10.3. The minimum absolute atomic E-state index is 0.134. The summed E-state index contributed by atoms with van der Waals surface area (Å²) in [6.45, 7) is -0.657. The van der Waals surface area contributed by atoms with Gasteiger partial charge in [-0.15, -0.1) is 0 Å². The third kappa shape index (κ3) is 3.86. The number of hydrogen-bond donors (Lipinski definition) is 7. The second kappa shape index (κ2) is 9.41. The minimum atomic E-state index is -1.75. The number of phenolic OH excluding ortho intramolecular Hbond substituents is 1. The number of rotatable bonds is 5. The van der Waals surface area contributed by atoms with Crippen LogP contribution in [-0.4, -0.2) is 118 Å². The van der Waals surface area contributed by atoms with Gasteiger partial charge in [-0.2, -0.15) is 0 Å². The Hall–Kier alpha value is -2.27.